The third-order valence-electron chi connectivity index (χ3n) is 2.92. The summed E-state index contributed by atoms with van der Waals surface area (Å²) in [5, 5.41) is 11.6. The van der Waals surface area contributed by atoms with E-state index in [1.54, 1.807) is 0 Å². The zero-order chi connectivity index (χ0) is 16.2. The summed E-state index contributed by atoms with van der Waals surface area (Å²) in [4.78, 5) is 22.4. The molecule has 0 aliphatic heterocycles. The zero-order valence-electron chi connectivity index (χ0n) is 13.2. The Balaban J connectivity index is 2.74. The van der Waals surface area contributed by atoms with E-state index >= 15 is 0 Å². The molecule has 116 valence electrons. The first kappa shape index (κ1) is 17.0. The van der Waals surface area contributed by atoms with E-state index in [1.807, 2.05) is 46.8 Å². The average molecular weight is 293 g/mol. The molecule has 1 rings (SSSR count). The van der Waals surface area contributed by atoms with Gasteiger partial charge in [-0.15, -0.1) is 0 Å². The van der Waals surface area contributed by atoms with Crippen LogP contribution in [0.4, 0.5) is 4.79 Å². The minimum absolute atomic E-state index is 0.0114. The Bertz CT molecular complexity index is 521. The van der Waals surface area contributed by atoms with Gasteiger partial charge >= 0.3 is 12.1 Å². The summed E-state index contributed by atoms with van der Waals surface area (Å²) < 4.78 is 5.17. The van der Waals surface area contributed by atoms with Gasteiger partial charge in [0.1, 0.15) is 5.60 Å². The number of benzene rings is 1. The Labute approximate surface area is 125 Å². The van der Waals surface area contributed by atoms with Gasteiger partial charge in [0.15, 0.2) is 0 Å². The predicted molar refractivity (Wildman–Crippen MR) is 80.3 cm³/mol. The molecule has 0 saturated carbocycles. The normalized spacial score (nSPS) is 11.1. The van der Waals surface area contributed by atoms with E-state index in [0.717, 1.165) is 22.3 Å². The second-order valence-electron chi connectivity index (χ2n) is 6.13. The summed E-state index contributed by atoms with van der Waals surface area (Å²) in [6, 6.07) is 3.78. The van der Waals surface area contributed by atoms with Crippen molar-refractivity contribution in [3.63, 3.8) is 0 Å². The van der Waals surface area contributed by atoms with Crippen molar-refractivity contribution in [3.8, 4) is 0 Å². The van der Waals surface area contributed by atoms with Crippen molar-refractivity contribution < 1.29 is 19.4 Å². The second-order valence-corrected chi connectivity index (χ2v) is 6.13. The van der Waals surface area contributed by atoms with Gasteiger partial charge in [0, 0.05) is 6.54 Å². The maximum atomic E-state index is 11.6. The molecule has 0 aliphatic rings. The molecular weight excluding hydrogens is 270 g/mol. The van der Waals surface area contributed by atoms with Gasteiger partial charge in [0.2, 0.25) is 0 Å². The third-order valence-corrected chi connectivity index (χ3v) is 2.92. The molecule has 21 heavy (non-hydrogen) atoms. The Morgan fingerprint density at radius 3 is 2.14 bits per heavy atom. The fourth-order valence-corrected chi connectivity index (χ4v) is 2.10. The molecule has 1 amide bonds. The van der Waals surface area contributed by atoms with Crippen LogP contribution in [0.1, 0.15) is 43.0 Å². The fraction of sp³-hybridized carbons (Fsp3) is 0.500. The number of aryl methyl sites for hydroxylation is 2. The molecule has 0 atom stereocenters. The van der Waals surface area contributed by atoms with Gasteiger partial charge in [-0.25, -0.2) is 4.79 Å². The van der Waals surface area contributed by atoms with Gasteiger partial charge in [-0.2, -0.15) is 0 Å². The standard InChI is InChI=1S/C16H23NO4/c1-10-6-12(7-11(2)13(10)8-14(18)19)9-17-15(20)21-16(3,4)5/h6-7H,8-9H2,1-5H3,(H,17,20)(H,18,19). The number of carbonyl (C=O) groups is 2. The largest absolute Gasteiger partial charge is 0.481 e. The number of carboxylic acids is 1. The monoisotopic (exact) mass is 293 g/mol. The number of rotatable bonds is 4. The molecule has 0 aliphatic carbocycles. The number of amides is 1. The van der Waals surface area contributed by atoms with Crippen molar-refractivity contribution >= 4 is 12.1 Å². The van der Waals surface area contributed by atoms with Crippen LogP contribution in [0.5, 0.6) is 0 Å². The molecule has 0 bridgehead atoms. The number of hydrogen-bond donors (Lipinski definition) is 2. The molecular formula is C16H23NO4. The van der Waals surface area contributed by atoms with Crippen LogP contribution in [0.3, 0.4) is 0 Å². The molecule has 0 heterocycles. The fourth-order valence-electron chi connectivity index (χ4n) is 2.10. The topological polar surface area (TPSA) is 75.6 Å². The number of nitrogens with one attached hydrogen (secondary N) is 1. The van der Waals surface area contributed by atoms with E-state index < -0.39 is 17.7 Å². The Morgan fingerprint density at radius 1 is 1.19 bits per heavy atom. The van der Waals surface area contributed by atoms with Crippen LogP contribution in [-0.2, 0) is 22.5 Å². The van der Waals surface area contributed by atoms with E-state index in [-0.39, 0.29) is 6.42 Å². The number of carbonyl (C=O) groups excluding carboxylic acids is 1. The van der Waals surface area contributed by atoms with Crippen molar-refractivity contribution in [1.29, 1.82) is 0 Å². The minimum atomic E-state index is -0.846. The highest BCUT2D eigenvalue weighted by Gasteiger charge is 2.16. The first-order valence-corrected chi connectivity index (χ1v) is 6.86. The SMILES string of the molecule is Cc1cc(CNC(=O)OC(C)(C)C)cc(C)c1CC(=O)O. The van der Waals surface area contributed by atoms with Crippen LogP contribution in [0.2, 0.25) is 0 Å². The number of alkyl carbamates (subject to hydrolysis) is 1. The van der Waals surface area contributed by atoms with E-state index in [1.165, 1.54) is 0 Å². The lowest BCUT2D eigenvalue weighted by Crippen LogP contribution is -2.32. The summed E-state index contributed by atoms with van der Waals surface area (Å²) in [7, 11) is 0. The van der Waals surface area contributed by atoms with Crippen LogP contribution in [0, 0.1) is 13.8 Å². The lowest BCUT2D eigenvalue weighted by molar-refractivity contribution is -0.136. The van der Waals surface area contributed by atoms with Crippen molar-refractivity contribution in [2.75, 3.05) is 0 Å². The highest BCUT2D eigenvalue weighted by molar-refractivity contribution is 5.71. The first-order chi connectivity index (χ1) is 9.58. The van der Waals surface area contributed by atoms with Crippen molar-refractivity contribution in [2.24, 2.45) is 0 Å². The Hall–Kier alpha value is -2.04. The summed E-state index contributed by atoms with van der Waals surface area (Å²) in [5.41, 5.74) is 3.05. The summed E-state index contributed by atoms with van der Waals surface area (Å²) in [6.45, 7) is 9.53. The molecule has 1 aromatic carbocycles. The molecule has 2 N–H and O–H groups in total. The van der Waals surface area contributed by atoms with Crippen molar-refractivity contribution in [3.05, 3.63) is 34.4 Å². The second kappa shape index (κ2) is 6.61. The predicted octanol–water partition coefficient (Wildman–Crippen LogP) is 2.96. The van der Waals surface area contributed by atoms with Gasteiger partial charge in [-0.05, 0) is 56.9 Å². The molecule has 0 spiro atoms. The van der Waals surface area contributed by atoms with Gasteiger partial charge in [-0.3, -0.25) is 4.79 Å². The molecule has 0 radical (unpaired) electrons. The lowest BCUT2D eigenvalue weighted by atomic mass is 9.97. The van der Waals surface area contributed by atoms with E-state index in [0.29, 0.717) is 6.54 Å². The third kappa shape index (κ3) is 5.85. The quantitative estimate of drug-likeness (QED) is 0.895. The maximum absolute atomic E-state index is 11.6. The summed E-state index contributed by atoms with van der Waals surface area (Å²) in [6.07, 6.45) is -0.454. The highest BCUT2D eigenvalue weighted by atomic mass is 16.6. The van der Waals surface area contributed by atoms with E-state index in [4.69, 9.17) is 9.84 Å². The van der Waals surface area contributed by atoms with E-state index in [9.17, 15) is 9.59 Å². The molecule has 0 fully saturated rings. The van der Waals surface area contributed by atoms with Crippen LogP contribution < -0.4 is 5.32 Å². The van der Waals surface area contributed by atoms with E-state index in [2.05, 4.69) is 5.32 Å². The molecule has 1 aromatic rings. The van der Waals surface area contributed by atoms with Gasteiger partial charge < -0.3 is 15.2 Å². The van der Waals surface area contributed by atoms with Crippen LogP contribution in [-0.4, -0.2) is 22.8 Å². The summed E-state index contributed by atoms with van der Waals surface area (Å²) >= 11 is 0. The van der Waals surface area contributed by atoms with Crippen LogP contribution in [0.15, 0.2) is 12.1 Å². The zero-order valence-corrected chi connectivity index (χ0v) is 13.2. The van der Waals surface area contributed by atoms with Gasteiger partial charge in [-0.1, -0.05) is 12.1 Å². The Morgan fingerprint density at radius 2 is 1.71 bits per heavy atom. The van der Waals surface area contributed by atoms with Crippen molar-refractivity contribution in [2.45, 2.75) is 53.2 Å². The summed E-state index contributed by atoms with van der Waals surface area (Å²) in [5.74, 6) is -0.846. The van der Waals surface area contributed by atoms with Crippen molar-refractivity contribution in [1.82, 2.24) is 5.32 Å². The van der Waals surface area contributed by atoms with Crippen LogP contribution in [0.25, 0.3) is 0 Å². The number of ether oxygens (including phenoxy) is 1. The lowest BCUT2D eigenvalue weighted by Gasteiger charge is -2.20. The molecule has 0 unspecified atom stereocenters. The number of aliphatic carboxylic acids is 1. The average Bonchev–Trinajstić information content (AvgIpc) is 2.29. The minimum Gasteiger partial charge on any atom is -0.481 e. The van der Waals surface area contributed by atoms with Gasteiger partial charge in [0.05, 0.1) is 6.42 Å². The number of carboxylic acid groups (broad SMARTS) is 1. The molecule has 5 nitrogen and oxygen atoms in total. The smallest absolute Gasteiger partial charge is 0.407 e. The van der Waals surface area contributed by atoms with Crippen LogP contribution >= 0.6 is 0 Å². The highest BCUT2D eigenvalue weighted by Crippen LogP contribution is 2.17. The Kier molecular flexibility index (Phi) is 5.35. The number of hydrogen-bond acceptors (Lipinski definition) is 3. The molecule has 0 saturated heterocycles. The van der Waals surface area contributed by atoms with Gasteiger partial charge in [0.25, 0.3) is 0 Å². The first-order valence-electron chi connectivity index (χ1n) is 6.86. The maximum Gasteiger partial charge on any atom is 0.407 e. The molecule has 5 heteroatoms. The molecule has 0 aromatic heterocycles.